The van der Waals surface area contributed by atoms with Crippen molar-refractivity contribution in [2.24, 2.45) is 0 Å². The summed E-state index contributed by atoms with van der Waals surface area (Å²) in [6.45, 7) is 2.57. The molecule has 8 nitrogen and oxygen atoms in total. The SMILES string of the molecule is Cc1cc(NC(=O)C(=O)Nc2cn[nH]c2)ccc1N1CCCC1=O. The Bertz CT molecular complexity index is 785. The summed E-state index contributed by atoms with van der Waals surface area (Å²) >= 11 is 0. The average Bonchev–Trinajstić information content (AvgIpc) is 3.19. The molecule has 0 atom stereocenters. The van der Waals surface area contributed by atoms with Gasteiger partial charge in [-0.2, -0.15) is 5.10 Å². The highest BCUT2D eigenvalue weighted by Crippen LogP contribution is 2.27. The van der Waals surface area contributed by atoms with Crippen LogP contribution in [0.5, 0.6) is 0 Å². The molecular weight excluding hydrogens is 310 g/mol. The van der Waals surface area contributed by atoms with Crippen LogP contribution in [-0.2, 0) is 14.4 Å². The van der Waals surface area contributed by atoms with E-state index in [1.807, 2.05) is 6.92 Å². The minimum absolute atomic E-state index is 0.106. The number of H-pyrrole nitrogens is 1. The molecule has 1 aliphatic rings. The average molecular weight is 327 g/mol. The highest BCUT2D eigenvalue weighted by molar-refractivity contribution is 6.43. The zero-order valence-electron chi connectivity index (χ0n) is 13.1. The van der Waals surface area contributed by atoms with Gasteiger partial charge in [0, 0.05) is 30.5 Å². The lowest BCUT2D eigenvalue weighted by molar-refractivity contribution is -0.132. The maximum atomic E-state index is 11.9. The molecule has 8 heteroatoms. The first-order valence-corrected chi connectivity index (χ1v) is 7.57. The van der Waals surface area contributed by atoms with Crippen LogP contribution in [0.15, 0.2) is 30.6 Å². The van der Waals surface area contributed by atoms with Gasteiger partial charge in [0.2, 0.25) is 5.91 Å². The molecular formula is C16H17N5O3. The standard InChI is InChI=1S/C16H17N5O3/c1-10-7-11(4-5-13(10)21-6-2-3-14(21)22)19-15(23)16(24)20-12-8-17-18-9-12/h4-5,7-9H,2-3,6H2,1H3,(H,17,18)(H,19,23)(H,20,24). The van der Waals surface area contributed by atoms with Gasteiger partial charge in [-0.25, -0.2) is 0 Å². The third-order valence-corrected chi connectivity index (χ3v) is 3.78. The number of nitrogens with zero attached hydrogens (tertiary/aromatic N) is 2. The number of hydrogen-bond acceptors (Lipinski definition) is 4. The number of amides is 3. The van der Waals surface area contributed by atoms with E-state index in [-0.39, 0.29) is 5.91 Å². The Balaban J connectivity index is 1.67. The molecule has 3 amide bonds. The molecule has 2 heterocycles. The summed E-state index contributed by atoms with van der Waals surface area (Å²) in [6.07, 6.45) is 4.28. The molecule has 1 aromatic heterocycles. The van der Waals surface area contributed by atoms with Crippen LogP contribution < -0.4 is 15.5 Å². The summed E-state index contributed by atoms with van der Waals surface area (Å²) in [6, 6.07) is 5.20. The van der Waals surface area contributed by atoms with E-state index < -0.39 is 11.8 Å². The topological polar surface area (TPSA) is 107 Å². The maximum absolute atomic E-state index is 11.9. The first-order chi connectivity index (χ1) is 11.5. The molecule has 1 fully saturated rings. The maximum Gasteiger partial charge on any atom is 0.314 e. The van der Waals surface area contributed by atoms with Crippen LogP contribution in [0.2, 0.25) is 0 Å². The molecule has 1 saturated heterocycles. The lowest BCUT2D eigenvalue weighted by atomic mass is 10.1. The zero-order chi connectivity index (χ0) is 17.1. The fourth-order valence-electron chi connectivity index (χ4n) is 2.63. The molecule has 24 heavy (non-hydrogen) atoms. The molecule has 0 unspecified atom stereocenters. The Morgan fingerprint density at radius 3 is 2.54 bits per heavy atom. The number of rotatable bonds is 3. The lowest BCUT2D eigenvalue weighted by Gasteiger charge is -2.19. The van der Waals surface area contributed by atoms with Gasteiger partial charge in [0.15, 0.2) is 0 Å². The van der Waals surface area contributed by atoms with E-state index in [0.29, 0.717) is 24.3 Å². The Morgan fingerprint density at radius 2 is 1.96 bits per heavy atom. The second kappa shape index (κ2) is 6.53. The monoisotopic (exact) mass is 327 g/mol. The van der Waals surface area contributed by atoms with Crippen molar-refractivity contribution < 1.29 is 14.4 Å². The molecule has 124 valence electrons. The van der Waals surface area contributed by atoms with Crippen LogP contribution in [0.3, 0.4) is 0 Å². The van der Waals surface area contributed by atoms with Gasteiger partial charge < -0.3 is 15.5 Å². The fraction of sp³-hybridized carbons (Fsp3) is 0.250. The number of aryl methyl sites for hydroxylation is 1. The molecule has 0 bridgehead atoms. The van der Waals surface area contributed by atoms with E-state index in [4.69, 9.17) is 0 Å². The number of benzene rings is 1. The molecule has 3 N–H and O–H groups in total. The number of nitrogens with one attached hydrogen (secondary N) is 3. The van der Waals surface area contributed by atoms with E-state index in [1.54, 1.807) is 23.1 Å². The highest BCUT2D eigenvalue weighted by atomic mass is 16.2. The number of anilines is 3. The molecule has 2 aromatic rings. The molecule has 3 rings (SSSR count). The fourth-order valence-corrected chi connectivity index (χ4v) is 2.63. The Hall–Kier alpha value is -3.16. The molecule has 1 aliphatic heterocycles. The van der Waals surface area contributed by atoms with Crippen LogP contribution in [0, 0.1) is 6.92 Å². The van der Waals surface area contributed by atoms with Crippen molar-refractivity contribution in [1.82, 2.24) is 10.2 Å². The summed E-state index contributed by atoms with van der Waals surface area (Å²) < 4.78 is 0. The summed E-state index contributed by atoms with van der Waals surface area (Å²) in [7, 11) is 0. The van der Waals surface area contributed by atoms with Gasteiger partial charge >= 0.3 is 11.8 Å². The van der Waals surface area contributed by atoms with Gasteiger partial charge in [0.05, 0.1) is 11.9 Å². The third kappa shape index (κ3) is 3.27. The van der Waals surface area contributed by atoms with Crippen molar-refractivity contribution in [1.29, 1.82) is 0 Å². The molecule has 0 radical (unpaired) electrons. The van der Waals surface area contributed by atoms with Crippen molar-refractivity contribution in [2.75, 3.05) is 22.1 Å². The van der Waals surface area contributed by atoms with Crippen LogP contribution >= 0.6 is 0 Å². The summed E-state index contributed by atoms with van der Waals surface area (Å²) in [5.41, 5.74) is 2.60. The Kier molecular flexibility index (Phi) is 4.28. The summed E-state index contributed by atoms with van der Waals surface area (Å²) in [5.74, 6) is -1.46. The second-order valence-corrected chi connectivity index (χ2v) is 5.55. The van der Waals surface area contributed by atoms with Gasteiger partial charge in [-0.15, -0.1) is 0 Å². The normalized spacial score (nSPS) is 13.9. The molecule has 0 aliphatic carbocycles. The van der Waals surface area contributed by atoms with E-state index >= 15 is 0 Å². The second-order valence-electron chi connectivity index (χ2n) is 5.55. The summed E-state index contributed by atoms with van der Waals surface area (Å²) in [5, 5.41) is 11.2. The number of carbonyl (C=O) groups is 3. The largest absolute Gasteiger partial charge is 0.318 e. The third-order valence-electron chi connectivity index (χ3n) is 3.78. The van der Waals surface area contributed by atoms with Gasteiger partial charge in [-0.3, -0.25) is 19.5 Å². The minimum atomic E-state index is -0.784. The molecule has 1 aromatic carbocycles. The predicted octanol–water partition coefficient (Wildman–Crippen LogP) is 1.42. The predicted molar refractivity (Wildman–Crippen MR) is 88.6 cm³/mol. The van der Waals surface area contributed by atoms with Crippen LogP contribution in [0.4, 0.5) is 17.1 Å². The van der Waals surface area contributed by atoms with Crippen molar-refractivity contribution in [3.63, 3.8) is 0 Å². The van der Waals surface area contributed by atoms with Crippen molar-refractivity contribution >= 4 is 34.8 Å². The first kappa shape index (κ1) is 15.7. The highest BCUT2D eigenvalue weighted by Gasteiger charge is 2.23. The first-order valence-electron chi connectivity index (χ1n) is 7.57. The van der Waals surface area contributed by atoms with E-state index in [2.05, 4.69) is 20.8 Å². The van der Waals surface area contributed by atoms with Crippen LogP contribution in [0.1, 0.15) is 18.4 Å². The van der Waals surface area contributed by atoms with E-state index in [9.17, 15) is 14.4 Å². The smallest absolute Gasteiger partial charge is 0.314 e. The number of carbonyl (C=O) groups excluding carboxylic acids is 3. The van der Waals surface area contributed by atoms with E-state index in [0.717, 1.165) is 17.7 Å². The van der Waals surface area contributed by atoms with Gasteiger partial charge in [0.1, 0.15) is 0 Å². The Morgan fingerprint density at radius 1 is 1.21 bits per heavy atom. The van der Waals surface area contributed by atoms with Crippen molar-refractivity contribution in [3.05, 3.63) is 36.2 Å². The number of aromatic amines is 1. The van der Waals surface area contributed by atoms with Gasteiger partial charge in [-0.05, 0) is 37.1 Å². The number of hydrogen-bond donors (Lipinski definition) is 3. The lowest BCUT2D eigenvalue weighted by Crippen LogP contribution is -2.29. The number of aromatic nitrogens is 2. The quantitative estimate of drug-likeness (QED) is 0.741. The molecule has 0 saturated carbocycles. The molecule has 0 spiro atoms. The van der Waals surface area contributed by atoms with Crippen LogP contribution in [0.25, 0.3) is 0 Å². The summed E-state index contributed by atoms with van der Waals surface area (Å²) in [4.78, 5) is 37.3. The van der Waals surface area contributed by atoms with Crippen molar-refractivity contribution in [3.8, 4) is 0 Å². The zero-order valence-corrected chi connectivity index (χ0v) is 13.1. The minimum Gasteiger partial charge on any atom is -0.318 e. The van der Waals surface area contributed by atoms with Crippen LogP contribution in [-0.4, -0.2) is 34.5 Å². The van der Waals surface area contributed by atoms with Gasteiger partial charge in [0.25, 0.3) is 0 Å². The van der Waals surface area contributed by atoms with Gasteiger partial charge in [-0.1, -0.05) is 0 Å². The van der Waals surface area contributed by atoms with E-state index in [1.165, 1.54) is 12.4 Å². The Labute approximate surface area is 138 Å². The van der Waals surface area contributed by atoms with Crippen molar-refractivity contribution in [2.45, 2.75) is 19.8 Å².